The van der Waals surface area contributed by atoms with Crippen molar-refractivity contribution in [1.29, 1.82) is 0 Å². The maximum absolute atomic E-state index is 5.53. The fourth-order valence-electron chi connectivity index (χ4n) is 2.44. The Kier molecular flexibility index (Phi) is 9.95. The average Bonchev–Trinajstić information content (AvgIpc) is 2.57. The van der Waals surface area contributed by atoms with Crippen molar-refractivity contribution < 1.29 is 24.0 Å². The summed E-state index contributed by atoms with van der Waals surface area (Å²) < 4.78 is 12.1. The molecule has 1 rings (SSSR count). The van der Waals surface area contributed by atoms with E-state index in [-0.39, 0.29) is 0 Å². The first-order chi connectivity index (χ1) is 11.0. The van der Waals surface area contributed by atoms with E-state index in [1.165, 1.54) is 11.1 Å². The van der Waals surface area contributed by atoms with E-state index < -0.39 is 17.4 Å². The Morgan fingerprint density at radius 1 is 1.09 bits per heavy atom. The molecule has 4 nitrogen and oxygen atoms in total. The molecule has 1 aromatic carbocycles. The van der Waals surface area contributed by atoms with Gasteiger partial charge in [0.25, 0.3) is 0 Å². The molecule has 130 valence electrons. The van der Waals surface area contributed by atoms with Gasteiger partial charge in [-0.2, -0.15) is 0 Å². The summed E-state index contributed by atoms with van der Waals surface area (Å²) in [6.07, 6.45) is 1.11. The number of benzene rings is 1. The van der Waals surface area contributed by atoms with E-state index in [1.807, 2.05) is 0 Å². The second-order valence-corrected chi connectivity index (χ2v) is 11.6. The SMILES string of the molecule is C=C(C)c1ccccc1CNCCNCC[CH2][Ti]([CH3])([O]C)[O]C. The molecular formula is C18H32N2O2Ti. The molecule has 0 aliphatic heterocycles. The number of nitrogens with one attached hydrogen (secondary N) is 2. The van der Waals surface area contributed by atoms with Crippen molar-refractivity contribution in [2.45, 2.75) is 29.8 Å². The normalized spacial score (nSPS) is 11.7. The molecule has 0 spiro atoms. The molecule has 0 saturated heterocycles. The van der Waals surface area contributed by atoms with Crippen molar-refractivity contribution in [3.63, 3.8) is 0 Å². The van der Waals surface area contributed by atoms with Crippen LogP contribution in [0.5, 0.6) is 0 Å². The van der Waals surface area contributed by atoms with Crippen LogP contribution in [0.3, 0.4) is 0 Å². The van der Waals surface area contributed by atoms with Crippen LogP contribution in [0.25, 0.3) is 5.57 Å². The van der Waals surface area contributed by atoms with Crippen LogP contribution in [0.15, 0.2) is 30.8 Å². The Bertz CT molecular complexity index is 476. The van der Waals surface area contributed by atoms with E-state index in [9.17, 15) is 0 Å². The molecule has 0 saturated carbocycles. The van der Waals surface area contributed by atoms with E-state index in [2.05, 4.69) is 53.6 Å². The van der Waals surface area contributed by atoms with Crippen LogP contribution in [0.2, 0.25) is 9.95 Å². The van der Waals surface area contributed by atoms with Crippen molar-refractivity contribution in [3.05, 3.63) is 42.0 Å². The van der Waals surface area contributed by atoms with Gasteiger partial charge in [-0.1, -0.05) is 0 Å². The minimum atomic E-state index is -2.40. The van der Waals surface area contributed by atoms with Crippen LogP contribution in [-0.2, 0) is 30.5 Å². The van der Waals surface area contributed by atoms with Gasteiger partial charge < -0.3 is 0 Å². The number of hydrogen-bond acceptors (Lipinski definition) is 4. The second-order valence-electron chi connectivity index (χ2n) is 6.01. The molecule has 0 fully saturated rings. The van der Waals surface area contributed by atoms with Gasteiger partial charge in [0.15, 0.2) is 0 Å². The first kappa shape index (κ1) is 20.6. The Morgan fingerprint density at radius 2 is 1.74 bits per heavy atom. The summed E-state index contributed by atoms with van der Waals surface area (Å²) in [6, 6.07) is 8.43. The van der Waals surface area contributed by atoms with E-state index in [4.69, 9.17) is 6.64 Å². The second kappa shape index (κ2) is 11.1. The minimum absolute atomic E-state index is 0.880. The third kappa shape index (κ3) is 7.75. The van der Waals surface area contributed by atoms with Crippen molar-refractivity contribution in [3.8, 4) is 0 Å². The standard InChI is InChI=1S/C15H23N2.2CH3O.CH3.Ti/c1-4-9-16-10-11-17-12-14-7-5-6-8-15(14)13(2)3;2*1-2;;/h5-8,16-17H,1-2,4,9-12H2,3H3;2*1H3;1H3;/q;2*-1;;+2. The third-order valence-corrected chi connectivity index (χ3v) is 8.79. The Labute approximate surface area is 146 Å². The molecule has 0 atom stereocenters. The Balaban J connectivity index is 2.14. The molecule has 0 bridgehead atoms. The summed E-state index contributed by atoms with van der Waals surface area (Å²) in [5.74, 6) is 0. The van der Waals surface area contributed by atoms with E-state index in [0.29, 0.717) is 0 Å². The van der Waals surface area contributed by atoms with E-state index >= 15 is 0 Å². The van der Waals surface area contributed by atoms with Crippen molar-refractivity contribution in [1.82, 2.24) is 10.6 Å². The van der Waals surface area contributed by atoms with Gasteiger partial charge in [-0.15, -0.1) is 0 Å². The van der Waals surface area contributed by atoms with E-state index in [1.54, 1.807) is 14.2 Å². The molecule has 0 radical (unpaired) electrons. The molecule has 0 amide bonds. The predicted octanol–water partition coefficient (Wildman–Crippen LogP) is 3.53. The van der Waals surface area contributed by atoms with Gasteiger partial charge in [-0.25, -0.2) is 0 Å². The van der Waals surface area contributed by atoms with Crippen molar-refractivity contribution >= 4 is 5.57 Å². The molecule has 0 aliphatic carbocycles. The first-order valence-electron chi connectivity index (χ1n) is 8.28. The summed E-state index contributed by atoms with van der Waals surface area (Å²) in [7, 11) is 3.54. The Hall–Kier alpha value is -0.486. The molecular weight excluding hydrogens is 324 g/mol. The van der Waals surface area contributed by atoms with Crippen LogP contribution in [0.1, 0.15) is 24.5 Å². The summed E-state index contributed by atoms with van der Waals surface area (Å²) in [4.78, 5) is 0. The zero-order valence-corrected chi connectivity index (χ0v) is 16.6. The zero-order chi connectivity index (χ0) is 17.1. The van der Waals surface area contributed by atoms with Crippen LogP contribution in [0.4, 0.5) is 0 Å². The molecule has 0 unspecified atom stereocenters. The van der Waals surface area contributed by atoms with Crippen LogP contribution < -0.4 is 10.6 Å². The number of hydrogen-bond donors (Lipinski definition) is 2. The van der Waals surface area contributed by atoms with Crippen molar-refractivity contribution in [2.24, 2.45) is 0 Å². The first-order valence-corrected chi connectivity index (χ1v) is 12.2. The molecule has 0 aromatic heterocycles. The van der Waals surface area contributed by atoms with Gasteiger partial charge >= 0.3 is 146 Å². The van der Waals surface area contributed by atoms with E-state index in [0.717, 1.165) is 42.9 Å². The van der Waals surface area contributed by atoms with Crippen molar-refractivity contribution in [2.75, 3.05) is 33.9 Å². The summed E-state index contributed by atoms with van der Waals surface area (Å²) in [5, 5.41) is 9.11. The molecule has 0 heterocycles. The van der Waals surface area contributed by atoms with Gasteiger partial charge in [0, 0.05) is 0 Å². The molecule has 1 aromatic rings. The quantitative estimate of drug-likeness (QED) is 0.444. The molecule has 2 N–H and O–H groups in total. The van der Waals surface area contributed by atoms with Crippen LogP contribution >= 0.6 is 0 Å². The summed E-state index contributed by atoms with van der Waals surface area (Å²) in [5.41, 5.74) is 3.67. The fraction of sp³-hybridized carbons (Fsp3) is 0.556. The van der Waals surface area contributed by atoms with Gasteiger partial charge in [0.05, 0.1) is 0 Å². The van der Waals surface area contributed by atoms with Gasteiger partial charge in [-0.3, -0.25) is 0 Å². The third-order valence-electron chi connectivity index (χ3n) is 4.12. The van der Waals surface area contributed by atoms with Gasteiger partial charge in [-0.05, 0) is 0 Å². The monoisotopic (exact) mass is 356 g/mol. The molecule has 0 aliphatic rings. The molecule has 5 heteroatoms. The number of rotatable bonds is 12. The topological polar surface area (TPSA) is 42.5 Å². The van der Waals surface area contributed by atoms with Gasteiger partial charge in [0.2, 0.25) is 0 Å². The van der Waals surface area contributed by atoms with Crippen LogP contribution in [0, 0.1) is 0 Å². The van der Waals surface area contributed by atoms with Crippen LogP contribution in [-0.4, -0.2) is 33.9 Å². The average molecular weight is 356 g/mol. The summed E-state index contributed by atoms with van der Waals surface area (Å²) in [6.45, 7) is 9.92. The zero-order valence-electron chi connectivity index (χ0n) is 15.1. The maximum atomic E-state index is 5.53. The fourth-order valence-corrected chi connectivity index (χ4v) is 4.61. The summed E-state index contributed by atoms with van der Waals surface area (Å²) >= 11 is -2.40. The number of allylic oxidation sites excluding steroid dienone is 1. The predicted molar refractivity (Wildman–Crippen MR) is 95.0 cm³/mol. The molecule has 23 heavy (non-hydrogen) atoms. The van der Waals surface area contributed by atoms with Gasteiger partial charge in [0.1, 0.15) is 0 Å². The Morgan fingerprint density at radius 3 is 2.39 bits per heavy atom.